The highest BCUT2D eigenvalue weighted by Gasteiger charge is 2.29. The van der Waals surface area contributed by atoms with Crippen molar-refractivity contribution in [3.63, 3.8) is 0 Å². The Kier molecular flexibility index (Phi) is 8.65. The van der Waals surface area contributed by atoms with E-state index in [4.69, 9.17) is 21.7 Å². The van der Waals surface area contributed by atoms with Crippen molar-refractivity contribution in [3.05, 3.63) is 0 Å². The second kappa shape index (κ2) is 9.63. The molecule has 0 spiro atoms. The molecule has 0 aliphatic heterocycles. The lowest BCUT2D eigenvalue weighted by molar-refractivity contribution is -0.143. The van der Waals surface area contributed by atoms with Gasteiger partial charge in [0.1, 0.15) is 12.1 Å². The molecule has 0 rings (SSSR count). The second-order valence-corrected chi connectivity index (χ2v) is 4.88. The number of nitrogens with two attached hydrogens (primary N) is 2. The molecule has 3 atom stereocenters. The summed E-state index contributed by atoms with van der Waals surface area (Å²) < 4.78 is 0. The van der Waals surface area contributed by atoms with E-state index >= 15 is 0 Å². The molecule has 0 aromatic heterocycles. The minimum atomic E-state index is -1.57. The topological polar surface area (TPSA) is 202 Å². The second-order valence-electron chi connectivity index (χ2n) is 4.52. The third kappa shape index (κ3) is 8.01. The summed E-state index contributed by atoms with van der Waals surface area (Å²) in [6, 6.07) is -4.30. The minimum Gasteiger partial charge on any atom is -0.481 e. The highest BCUT2D eigenvalue weighted by Crippen LogP contribution is 1.98. The predicted molar refractivity (Wildman–Crippen MR) is 79.4 cm³/mol. The first-order valence-corrected chi connectivity index (χ1v) is 6.91. The van der Waals surface area contributed by atoms with E-state index in [1.807, 2.05) is 10.6 Å². The number of carbonyl (C=O) groups excluding carboxylic acids is 3. The molecule has 0 aromatic carbocycles. The molecule has 0 aliphatic rings. The number of carbonyl (C=O) groups is 5. The fourth-order valence-electron chi connectivity index (χ4n) is 1.43. The van der Waals surface area contributed by atoms with Gasteiger partial charge in [0.05, 0.1) is 18.9 Å². The zero-order valence-corrected chi connectivity index (χ0v) is 12.8. The van der Waals surface area contributed by atoms with Gasteiger partial charge in [-0.05, 0) is 0 Å². The van der Waals surface area contributed by atoms with Crippen LogP contribution in [-0.4, -0.2) is 63.8 Å². The Balaban J connectivity index is 4.96. The maximum Gasteiger partial charge on any atom is 0.327 e. The van der Waals surface area contributed by atoms with Gasteiger partial charge in [-0.15, -0.1) is 0 Å². The number of aliphatic carboxylic acids is 2. The van der Waals surface area contributed by atoms with Crippen molar-refractivity contribution in [2.24, 2.45) is 11.5 Å². The van der Waals surface area contributed by atoms with Crippen LogP contribution in [0.5, 0.6) is 0 Å². The van der Waals surface area contributed by atoms with Crippen LogP contribution in [0.15, 0.2) is 0 Å². The standard InChI is InChI=1S/C11H18N4O7S/c12-4(1-7(13)16)9(19)14-5(2-8(17)18)10(20)15-6(3-23)11(21)22/h4-6,23H,1-3,12H2,(H2,13,16)(H,14,19)(H,15,20)(H,17,18)(H,21,22)/t4-,5-,6-/m0/s1. The van der Waals surface area contributed by atoms with Crippen molar-refractivity contribution in [2.45, 2.75) is 31.0 Å². The van der Waals surface area contributed by atoms with Gasteiger partial charge in [-0.2, -0.15) is 12.6 Å². The van der Waals surface area contributed by atoms with Crippen molar-refractivity contribution in [1.29, 1.82) is 0 Å². The zero-order chi connectivity index (χ0) is 18.2. The largest absolute Gasteiger partial charge is 0.481 e. The normalized spacial score (nSPS) is 14.2. The summed E-state index contributed by atoms with van der Waals surface area (Å²) in [6.45, 7) is 0. The van der Waals surface area contributed by atoms with E-state index in [0.717, 1.165) is 0 Å². The summed E-state index contributed by atoms with van der Waals surface area (Å²) in [5.74, 6) is -5.88. The lowest BCUT2D eigenvalue weighted by atomic mass is 10.1. The maximum absolute atomic E-state index is 11.9. The van der Waals surface area contributed by atoms with Crippen LogP contribution < -0.4 is 22.1 Å². The Morgan fingerprint density at radius 2 is 1.48 bits per heavy atom. The van der Waals surface area contributed by atoms with Crippen LogP contribution in [0.25, 0.3) is 0 Å². The molecule has 0 saturated heterocycles. The lowest BCUT2D eigenvalue weighted by Gasteiger charge is -2.21. The number of carboxylic acids is 2. The van der Waals surface area contributed by atoms with Crippen LogP contribution in [0.3, 0.4) is 0 Å². The smallest absolute Gasteiger partial charge is 0.327 e. The van der Waals surface area contributed by atoms with Crippen LogP contribution in [0.2, 0.25) is 0 Å². The number of thiol groups is 1. The van der Waals surface area contributed by atoms with Gasteiger partial charge < -0.3 is 32.3 Å². The molecule has 0 fully saturated rings. The van der Waals surface area contributed by atoms with Crippen LogP contribution in [-0.2, 0) is 24.0 Å². The number of nitrogens with one attached hydrogen (secondary N) is 2. The van der Waals surface area contributed by atoms with E-state index in [-0.39, 0.29) is 5.75 Å². The summed E-state index contributed by atoms with van der Waals surface area (Å²) in [7, 11) is 0. The molecule has 3 amide bonds. The first-order valence-electron chi connectivity index (χ1n) is 6.28. The number of hydrogen-bond acceptors (Lipinski definition) is 7. The van der Waals surface area contributed by atoms with Gasteiger partial charge in [0.25, 0.3) is 0 Å². The van der Waals surface area contributed by atoms with E-state index in [0.29, 0.717) is 0 Å². The molecule has 130 valence electrons. The summed E-state index contributed by atoms with van der Waals surface area (Å²) in [4.78, 5) is 55.9. The maximum atomic E-state index is 11.9. The lowest BCUT2D eigenvalue weighted by Crippen LogP contribution is -2.55. The first-order chi connectivity index (χ1) is 10.6. The monoisotopic (exact) mass is 350 g/mol. The SMILES string of the molecule is NC(=O)C[C@H](N)C(=O)N[C@@H](CC(=O)O)C(=O)N[C@@H](CS)C(=O)O. The molecular weight excluding hydrogens is 332 g/mol. The Labute approximate surface area is 136 Å². The van der Waals surface area contributed by atoms with E-state index < -0.39 is 60.6 Å². The highest BCUT2D eigenvalue weighted by atomic mass is 32.1. The van der Waals surface area contributed by atoms with Crippen LogP contribution >= 0.6 is 12.6 Å². The Morgan fingerprint density at radius 1 is 0.957 bits per heavy atom. The average molecular weight is 350 g/mol. The van der Waals surface area contributed by atoms with Gasteiger partial charge in [0, 0.05) is 5.75 Å². The average Bonchev–Trinajstić information content (AvgIpc) is 2.41. The fraction of sp³-hybridized carbons (Fsp3) is 0.545. The number of carboxylic acid groups (broad SMARTS) is 2. The molecular formula is C11H18N4O7S. The summed E-state index contributed by atoms with van der Waals surface area (Å²) in [6.07, 6.45) is -1.30. The fourth-order valence-corrected chi connectivity index (χ4v) is 1.68. The molecule has 0 unspecified atom stereocenters. The van der Waals surface area contributed by atoms with E-state index in [2.05, 4.69) is 12.6 Å². The molecule has 0 bridgehead atoms. The number of amides is 3. The molecule has 12 heteroatoms. The molecule has 0 aromatic rings. The van der Waals surface area contributed by atoms with E-state index in [1.165, 1.54) is 0 Å². The molecule has 0 heterocycles. The Hall–Kier alpha value is -2.34. The van der Waals surface area contributed by atoms with Crippen molar-refractivity contribution in [1.82, 2.24) is 10.6 Å². The van der Waals surface area contributed by atoms with E-state index in [1.54, 1.807) is 0 Å². The van der Waals surface area contributed by atoms with Gasteiger partial charge in [0.15, 0.2) is 0 Å². The first kappa shape index (κ1) is 20.7. The van der Waals surface area contributed by atoms with Crippen molar-refractivity contribution < 1.29 is 34.2 Å². The third-order valence-electron chi connectivity index (χ3n) is 2.57. The molecule has 23 heavy (non-hydrogen) atoms. The third-order valence-corrected chi connectivity index (χ3v) is 2.93. The van der Waals surface area contributed by atoms with Crippen molar-refractivity contribution >= 4 is 42.3 Å². The quantitative estimate of drug-likeness (QED) is 0.198. The molecule has 0 aliphatic carbocycles. The number of rotatable bonds is 10. The van der Waals surface area contributed by atoms with Gasteiger partial charge in [-0.25, -0.2) is 4.79 Å². The molecule has 0 radical (unpaired) electrons. The Morgan fingerprint density at radius 3 is 1.87 bits per heavy atom. The van der Waals surface area contributed by atoms with Gasteiger partial charge in [-0.1, -0.05) is 0 Å². The highest BCUT2D eigenvalue weighted by molar-refractivity contribution is 7.80. The number of hydrogen-bond donors (Lipinski definition) is 7. The summed E-state index contributed by atoms with van der Waals surface area (Å²) in [5.41, 5.74) is 10.2. The van der Waals surface area contributed by atoms with Gasteiger partial charge in [-0.3, -0.25) is 19.2 Å². The van der Waals surface area contributed by atoms with Gasteiger partial charge in [0.2, 0.25) is 17.7 Å². The molecule has 8 N–H and O–H groups in total. The molecule has 11 nitrogen and oxygen atoms in total. The minimum absolute atomic E-state index is 0.240. The van der Waals surface area contributed by atoms with Crippen molar-refractivity contribution in [2.75, 3.05) is 5.75 Å². The van der Waals surface area contributed by atoms with Crippen LogP contribution in [0.4, 0.5) is 0 Å². The summed E-state index contributed by atoms with van der Waals surface area (Å²) in [5, 5.41) is 21.6. The predicted octanol–water partition coefficient (Wildman–Crippen LogP) is -3.35. The Bertz CT molecular complexity index is 499. The number of primary amides is 1. The van der Waals surface area contributed by atoms with Crippen molar-refractivity contribution in [3.8, 4) is 0 Å². The van der Waals surface area contributed by atoms with Crippen LogP contribution in [0, 0.1) is 0 Å². The van der Waals surface area contributed by atoms with Gasteiger partial charge >= 0.3 is 11.9 Å². The molecule has 0 saturated carbocycles. The summed E-state index contributed by atoms with van der Waals surface area (Å²) >= 11 is 3.74. The zero-order valence-electron chi connectivity index (χ0n) is 11.9. The van der Waals surface area contributed by atoms with E-state index in [9.17, 15) is 24.0 Å². The van der Waals surface area contributed by atoms with Crippen LogP contribution in [0.1, 0.15) is 12.8 Å².